The summed E-state index contributed by atoms with van der Waals surface area (Å²) in [6.45, 7) is 0. The van der Waals surface area contributed by atoms with Gasteiger partial charge in [-0.25, -0.2) is 0 Å². The zero-order chi connectivity index (χ0) is 2.00. The Bertz CT molecular complexity index is 58.5. The van der Waals surface area contributed by atoms with Gasteiger partial charge < -0.3 is 22.3 Å². The maximum absolute atomic E-state index is 8.19. The van der Waals surface area contributed by atoms with Gasteiger partial charge in [0.1, 0.15) is 0 Å². The average molecular weight is 1410 g/mol. The fourth-order valence-corrected chi connectivity index (χ4v) is 0. The molecule has 0 rings (SSSR count). The predicted molar refractivity (Wildman–Crippen MR) is 383 cm³/mol. The van der Waals surface area contributed by atoms with Crippen LogP contribution < -0.4 is 565 Å². The molecule has 0 aliphatic heterocycles. The Kier molecular flexibility index (Phi) is 49500. The molecule has 13 heteroatoms. The summed E-state index contributed by atoms with van der Waals surface area (Å²) in [5.41, 5.74) is 0. The van der Waals surface area contributed by atoms with Gasteiger partial charge in [0, 0.05) is 0 Å². The second kappa shape index (κ2) is 1930. The molecule has 0 amide bonds. The number of hydrogen-bond donors (Lipinski definition) is 0. The van der Waals surface area contributed by atoms with Crippen LogP contribution in [0.5, 0.6) is 0 Å². The third-order valence-electron chi connectivity index (χ3n) is 0. The van der Waals surface area contributed by atoms with Gasteiger partial charge in [0.2, 0.25) is 0 Å². The summed E-state index contributed by atoms with van der Waals surface area (Å²) in [6.07, 6.45) is 0. The molecule has 0 bridgehead atoms. The van der Waals surface area contributed by atoms with Crippen LogP contribution in [-0.2, 0) is 21.0 Å². The van der Waals surface area contributed by atoms with E-state index in [9.17, 15) is 0 Å². The van der Waals surface area contributed by atoms with Gasteiger partial charge in [0.15, 0.2) is 0 Å². The maximum atomic E-state index is 8.19. The summed E-state index contributed by atoms with van der Waals surface area (Å²) in [4.78, 5) is 0. The van der Waals surface area contributed by atoms with E-state index in [1.807, 2.05) is 0 Å². The molecule has 1 nitrogen and oxygen atoms in total. The average Bonchev–Trinajstić information content (AvgIpc) is 1.00. The molecular weight excluding hydrogens is 1180 g/mol. The molecule has 0 saturated heterocycles. The van der Waals surface area contributed by atoms with E-state index in [1.165, 1.54) is 0 Å². The van der Waals surface area contributed by atoms with Crippen molar-refractivity contribution >= 4 is 0 Å². The minimum absolute atomic E-state index is 0. The van der Waals surface area contributed by atoms with Gasteiger partial charge in [-0.1, -0.05) is 401 Å². The van der Waals surface area contributed by atoms with Crippen LogP contribution in [0, 0.1) is 22.3 Å². The second-order valence-electron chi connectivity index (χ2n) is 0. The molecular formula is C57H225K11OV+8. The molecule has 0 aliphatic carbocycles. The Morgan fingerprint density at radius 2 is 0.0857 bits per heavy atom. The molecule has 0 atom stereocenters. The molecule has 0 unspecified atom stereocenters. The summed E-state index contributed by atoms with van der Waals surface area (Å²) < 4.78 is 8.19. The van der Waals surface area contributed by atoms with Crippen molar-refractivity contribution in [2.75, 3.05) is 0 Å². The third-order valence-corrected chi connectivity index (χ3v) is 0. The van der Waals surface area contributed by atoms with Crippen molar-refractivity contribution in [3.8, 4) is 0 Å². The first-order chi connectivity index (χ1) is 1.00. The van der Waals surface area contributed by atoms with Crippen LogP contribution in [0.3, 0.4) is 0 Å². The van der Waals surface area contributed by atoms with Gasteiger partial charge >= 0.3 is 586 Å². The molecule has 0 aromatic heterocycles. The van der Waals surface area contributed by atoms with Crippen molar-refractivity contribution in [1.82, 2.24) is 0 Å². The van der Waals surface area contributed by atoms with Gasteiger partial charge in [-0.15, -0.1) is 0 Å². The summed E-state index contributed by atoms with van der Waals surface area (Å²) in [5.74, 6) is 0. The molecule has 0 heterocycles. The summed E-state index contributed by atoms with van der Waals surface area (Å²) in [5, 5.41) is 0. The van der Waals surface area contributed by atoms with Crippen LogP contribution in [0.4, 0.5) is 0 Å². The van der Waals surface area contributed by atoms with Gasteiger partial charge in [0.05, 0.1) is 0 Å². The predicted octanol–water partition coefficient (Wildman–Crippen LogP) is 2.62. The van der Waals surface area contributed by atoms with E-state index in [-0.39, 0.29) is 989 Å². The SMILES string of the molecule is C.C.C.C.C.C.C.C.C.C.C.C.C.C.C.C.C.C.C.C.C.C.C.C.C.C.C.C.C.C.C.C.C.C.C.C.C.C.C.C.C.C.C.C.C.C.C.C.C.C.C.C.C.C.[CH3-].[CH3-].[CH3-].[K+].[K+].[K+].[K+].[K+].[K+].[K+].[K+].[K+].[K+].[K+].[O]=[V]. The minimum atomic E-state index is 0. The third kappa shape index (κ3) is 1860. The molecule has 0 fully saturated rings. The molecule has 0 saturated carbocycles. The van der Waals surface area contributed by atoms with E-state index >= 15 is 0 Å². The van der Waals surface area contributed by atoms with Crippen LogP contribution >= 0.6 is 0 Å². The van der Waals surface area contributed by atoms with Crippen molar-refractivity contribution in [2.45, 2.75) is 401 Å². The fourth-order valence-electron chi connectivity index (χ4n) is 0. The second-order valence-corrected chi connectivity index (χ2v) is 0. The molecule has 0 spiro atoms. The zero-order valence-electron chi connectivity index (χ0n) is 14.9. The molecule has 0 aliphatic rings. The van der Waals surface area contributed by atoms with Gasteiger partial charge in [-0.3, -0.25) is 0 Å². The normalized spacial score (nSPS) is 0.0429. The first kappa shape index (κ1) is 1800. The van der Waals surface area contributed by atoms with E-state index in [0.717, 1.165) is 17.4 Å². The molecule has 0 aromatic carbocycles. The van der Waals surface area contributed by atoms with E-state index < -0.39 is 0 Å². The van der Waals surface area contributed by atoms with Gasteiger partial charge in [-0.05, 0) is 0 Å². The summed E-state index contributed by atoms with van der Waals surface area (Å²) in [6, 6.07) is 0. The summed E-state index contributed by atoms with van der Waals surface area (Å²) in [7, 11) is 0. The van der Waals surface area contributed by atoms with Crippen LogP contribution in [0.25, 0.3) is 0 Å². The molecule has 0 N–H and O–H groups in total. The monoisotopic (exact) mass is 1410 g/mol. The van der Waals surface area contributed by atoms with Gasteiger partial charge in [0.25, 0.3) is 0 Å². The van der Waals surface area contributed by atoms with E-state index in [1.54, 1.807) is 0 Å². The van der Waals surface area contributed by atoms with Crippen molar-refractivity contribution in [2.24, 2.45) is 0 Å². The Balaban J connectivity index is -0.00000000000219. The van der Waals surface area contributed by atoms with E-state index in [0.29, 0.717) is 0 Å². The Morgan fingerprint density at radius 1 is 0.0857 bits per heavy atom. The quantitative estimate of drug-likeness (QED) is 0.270. The van der Waals surface area contributed by atoms with Crippen molar-refractivity contribution in [1.29, 1.82) is 0 Å². The topological polar surface area (TPSA) is 17.1 Å². The van der Waals surface area contributed by atoms with Crippen molar-refractivity contribution < 1.29 is 586 Å². The van der Waals surface area contributed by atoms with Crippen LogP contribution in [0.2, 0.25) is 0 Å². The number of rotatable bonds is 0. The fraction of sp³-hybridized carbons (Fsp3) is 0.947. The Labute approximate surface area is 980 Å². The number of hydrogen-bond acceptors (Lipinski definition) is 1. The van der Waals surface area contributed by atoms with Gasteiger partial charge in [-0.2, -0.15) is 0 Å². The van der Waals surface area contributed by atoms with E-state index in [4.69, 9.17) is 3.67 Å². The zero-order valence-corrected chi connectivity index (χ0v) is 50.6. The summed E-state index contributed by atoms with van der Waals surface area (Å²) >= 11 is 1.06. The molecule has 0 radical (unpaired) electrons. The van der Waals surface area contributed by atoms with Crippen molar-refractivity contribution in [3.63, 3.8) is 0 Å². The van der Waals surface area contributed by atoms with Crippen LogP contribution in [-0.4, -0.2) is 0 Å². The Morgan fingerprint density at radius 3 is 0.0857 bits per heavy atom. The molecule has 0 aromatic rings. The first-order valence-corrected chi connectivity index (χ1v) is 0.753. The van der Waals surface area contributed by atoms with Crippen LogP contribution in [0.1, 0.15) is 401 Å². The van der Waals surface area contributed by atoms with Crippen molar-refractivity contribution in [3.05, 3.63) is 22.3 Å². The molecule has 70 heavy (non-hydrogen) atoms. The molecule has 467 valence electrons. The van der Waals surface area contributed by atoms with Crippen LogP contribution in [0.15, 0.2) is 0 Å². The standard InChI is InChI=1S/54CH4.3CH3.11K.O.V/h54*1H4;3*1H3;;;;;;;;;;;;;/q;;;;;;;;;;;;;;;;;;;;;;;;;;;;;;;;;;;;;;;;;;;;;;;;;;;;;;3*-1;11*+1;;. The van der Waals surface area contributed by atoms with E-state index in [2.05, 4.69) is 0 Å². The Hall–Kier alpha value is 18.4. The first-order valence-electron chi connectivity index (χ1n) is 0.183.